The van der Waals surface area contributed by atoms with E-state index in [0.717, 1.165) is 43.9 Å². The molecule has 2 N–H and O–H groups in total. The molecule has 4 heteroatoms. The third-order valence-corrected chi connectivity index (χ3v) is 28.4. The Labute approximate surface area is 576 Å². The van der Waals surface area contributed by atoms with E-state index in [1.807, 2.05) is 16.7 Å². The maximum absolute atomic E-state index is 4.32. The number of fused-ring (bicyclic) bond motifs is 7. The van der Waals surface area contributed by atoms with Crippen LogP contribution in [0.5, 0.6) is 0 Å². The monoisotopic (exact) mass is 1270 g/mol. The fourth-order valence-corrected chi connectivity index (χ4v) is 24.2. The molecule has 2 heterocycles. The van der Waals surface area contributed by atoms with Crippen LogP contribution in [0.15, 0.2) is 267 Å². The molecule has 96 heavy (non-hydrogen) atoms. The second kappa shape index (κ2) is 26.0. The van der Waals surface area contributed by atoms with Gasteiger partial charge in [-0.25, -0.2) is 0 Å². The van der Waals surface area contributed by atoms with E-state index in [9.17, 15) is 0 Å². The van der Waals surface area contributed by atoms with Crippen LogP contribution in [0.1, 0.15) is 173 Å². The highest BCUT2D eigenvalue weighted by molar-refractivity contribution is 5.61. The predicted molar refractivity (Wildman–Crippen MR) is 397 cm³/mol. The number of para-hydroxylation sites is 1. The maximum atomic E-state index is 4.32. The molecule has 1 saturated heterocycles. The fourth-order valence-electron chi connectivity index (χ4n) is 24.2. The Morgan fingerprint density at radius 1 is 0.562 bits per heavy atom. The summed E-state index contributed by atoms with van der Waals surface area (Å²) in [5, 5.41) is 8.57. The van der Waals surface area contributed by atoms with Crippen molar-refractivity contribution in [2.45, 2.75) is 204 Å². The number of rotatable bonds is 11. The van der Waals surface area contributed by atoms with Gasteiger partial charge in [0.25, 0.3) is 0 Å². The van der Waals surface area contributed by atoms with Crippen molar-refractivity contribution < 1.29 is 0 Å². The lowest BCUT2D eigenvalue weighted by Crippen LogP contribution is -2.48. The first kappa shape index (κ1) is 60.7. The van der Waals surface area contributed by atoms with E-state index in [2.05, 4.69) is 209 Å². The van der Waals surface area contributed by atoms with Crippen LogP contribution in [-0.2, 0) is 0 Å². The van der Waals surface area contributed by atoms with Crippen LogP contribution < -0.4 is 15.5 Å². The van der Waals surface area contributed by atoms with Crippen molar-refractivity contribution in [1.82, 2.24) is 15.5 Å². The van der Waals surface area contributed by atoms with Gasteiger partial charge < -0.3 is 10.2 Å². The number of hydrogen-bond acceptors (Lipinski definition) is 4. The van der Waals surface area contributed by atoms with Crippen molar-refractivity contribution in [1.29, 1.82) is 0 Å². The quantitative estimate of drug-likeness (QED) is 0.216. The normalized spacial score (nSPS) is 39.4. The molecule has 1 aromatic rings. The first-order valence-corrected chi connectivity index (χ1v) is 39.6. The van der Waals surface area contributed by atoms with Crippen LogP contribution in [0.2, 0.25) is 0 Å². The van der Waals surface area contributed by atoms with Crippen molar-refractivity contribution in [2.75, 3.05) is 4.90 Å². The number of allylic oxidation sites excluding steroid dienone is 35. The Kier molecular flexibility index (Phi) is 16.4. The van der Waals surface area contributed by atoms with Crippen LogP contribution in [0.25, 0.3) is 0 Å². The Morgan fingerprint density at radius 3 is 2.42 bits per heavy atom. The minimum Gasteiger partial charge on any atom is -0.363 e. The lowest BCUT2D eigenvalue weighted by Gasteiger charge is -2.55. The highest BCUT2D eigenvalue weighted by atomic mass is 15.4. The summed E-state index contributed by atoms with van der Waals surface area (Å²) in [6, 6.07) is 12.6. The van der Waals surface area contributed by atoms with Crippen LogP contribution in [0, 0.1) is 82.9 Å². The molecule has 0 bridgehead atoms. The Bertz CT molecular complexity index is 3920. The van der Waals surface area contributed by atoms with E-state index in [1.165, 1.54) is 153 Å². The van der Waals surface area contributed by atoms with E-state index in [1.54, 1.807) is 55.9 Å². The SMILES string of the molecule is C1=CCC2C(=C1)C(C1C=CC3C=CCCC3C1)C1C=C(C3=CC=C(C4NC5=C(CCC(CCC6NC7C=CC=CC7N6C6C=CC(C7C8CCCCC8=C(C8=C9CCC=CC9=CCC8)C8CCC=CC87)=CC6)C5)N4c4ccccc4)CC3)CCC1C2C1C=CC2=C(C=CCC2)C1. The number of anilines is 1. The van der Waals surface area contributed by atoms with Crippen LogP contribution in [-0.4, -0.2) is 35.4 Å². The summed E-state index contributed by atoms with van der Waals surface area (Å²) in [5.41, 5.74) is 24.8. The Hall–Kier alpha value is -6.46. The van der Waals surface area contributed by atoms with Crippen LogP contribution in [0.4, 0.5) is 5.69 Å². The largest absolute Gasteiger partial charge is 0.363 e. The van der Waals surface area contributed by atoms with Crippen molar-refractivity contribution in [3.05, 3.63) is 267 Å². The summed E-state index contributed by atoms with van der Waals surface area (Å²) in [6.07, 6.45) is 101. The Balaban J connectivity index is 0.560. The van der Waals surface area contributed by atoms with Gasteiger partial charge in [0.05, 0.1) is 6.17 Å². The number of nitrogens with zero attached hydrogens (tertiary/aromatic N) is 2. The highest BCUT2D eigenvalue weighted by Crippen LogP contribution is 2.62. The lowest BCUT2D eigenvalue weighted by molar-refractivity contribution is 0.0480. The van der Waals surface area contributed by atoms with E-state index < -0.39 is 0 Å². The van der Waals surface area contributed by atoms with Gasteiger partial charge >= 0.3 is 0 Å². The molecule has 494 valence electrons. The third-order valence-electron chi connectivity index (χ3n) is 28.4. The molecule has 0 amide bonds. The molecule has 2 saturated carbocycles. The van der Waals surface area contributed by atoms with E-state index >= 15 is 0 Å². The van der Waals surface area contributed by atoms with Gasteiger partial charge in [-0.15, -0.1) is 0 Å². The Morgan fingerprint density at radius 2 is 1.48 bits per heavy atom. The maximum Gasteiger partial charge on any atom is 0.126 e. The van der Waals surface area contributed by atoms with Gasteiger partial charge in [-0.2, -0.15) is 0 Å². The molecular weight excluding hydrogens is 1160 g/mol. The molecular formula is C92H106N4. The van der Waals surface area contributed by atoms with E-state index in [4.69, 9.17) is 0 Å². The smallest absolute Gasteiger partial charge is 0.126 e. The molecule has 2 aliphatic heterocycles. The molecule has 3 fully saturated rings. The van der Waals surface area contributed by atoms with Gasteiger partial charge in [0.15, 0.2) is 0 Å². The first-order valence-electron chi connectivity index (χ1n) is 39.6. The fraction of sp³-hybridized carbons (Fsp3) is 0.500. The molecule has 18 aliphatic rings. The van der Waals surface area contributed by atoms with Crippen molar-refractivity contribution in [3.63, 3.8) is 0 Å². The van der Waals surface area contributed by atoms with Crippen LogP contribution in [0.3, 0.4) is 0 Å². The second-order valence-electron chi connectivity index (χ2n) is 33.0. The van der Waals surface area contributed by atoms with Crippen LogP contribution >= 0.6 is 0 Å². The zero-order valence-corrected chi connectivity index (χ0v) is 57.4. The molecule has 16 aliphatic carbocycles. The summed E-state index contributed by atoms with van der Waals surface area (Å²) in [5.74, 6) is 9.15. The topological polar surface area (TPSA) is 30.5 Å². The molecule has 1 aromatic carbocycles. The van der Waals surface area contributed by atoms with Gasteiger partial charge in [-0.1, -0.05) is 194 Å². The molecule has 0 radical (unpaired) electrons. The lowest BCUT2D eigenvalue weighted by atomic mass is 9.49. The summed E-state index contributed by atoms with van der Waals surface area (Å²) in [6.45, 7) is 0. The van der Waals surface area contributed by atoms with Gasteiger partial charge in [0.1, 0.15) is 6.17 Å². The summed E-state index contributed by atoms with van der Waals surface area (Å²) in [4.78, 5) is 5.66. The third kappa shape index (κ3) is 10.9. The van der Waals surface area contributed by atoms with Gasteiger partial charge in [-0.3, -0.25) is 10.2 Å². The summed E-state index contributed by atoms with van der Waals surface area (Å²) >= 11 is 0. The molecule has 4 nitrogen and oxygen atoms in total. The molecule has 19 unspecified atom stereocenters. The molecule has 0 spiro atoms. The van der Waals surface area contributed by atoms with Crippen molar-refractivity contribution in [3.8, 4) is 0 Å². The average molecular weight is 1270 g/mol. The first-order chi connectivity index (χ1) is 47.6. The highest BCUT2D eigenvalue weighted by Gasteiger charge is 2.54. The van der Waals surface area contributed by atoms with Crippen molar-refractivity contribution in [2.24, 2.45) is 82.9 Å². The summed E-state index contributed by atoms with van der Waals surface area (Å²) in [7, 11) is 0. The van der Waals surface area contributed by atoms with Gasteiger partial charge in [0, 0.05) is 35.2 Å². The molecule has 19 rings (SSSR count). The van der Waals surface area contributed by atoms with Crippen molar-refractivity contribution >= 4 is 5.69 Å². The second-order valence-corrected chi connectivity index (χ2v) is 33.0. The minimum atomic E-state index is 0.163. The zero-order chi connectivity index (χ0) is 63.2. The summed E-state index contributed by atoms with van der Waals surface area (Å²) < 4.78 is 0. The predicted octanol–water partition coefficient (Wildman–Crippen LogP) is 21.4. The molecule has 19 atom stereocenters. The minimum absolute atomic E-state index is 0.163. The van der Waals surface area contributed by atoms with E-state index in [-0.39, 0.29) is 6.17 Å². The zero-order valence-electron chi connectivity index (χ0n) is 57.4. The average Bonchev–Trinajstić information content (AvgIpc) is 1.08. The number of benzene rings is 1. The number of hydrogen-bond donors (Lipinski definition) is 2. The molecule has 0 aromatic heterocycles. The van der Waals surface area contributed by atoms with Gasteiger partial charge in [0.2, 0.25) is 0 Å². The standard InChI is InChI=1S/C92H106N4/c1-2-25-71(26-3-1)96-86-53-37-59(38-54-87-93-83-35-16-17-36-85(83)95(87)72-50-47-64(48-51-72)88-77-30-12-14-32-79(77)91(80-33-15-13-31-78(80)88)74-34-18-24-63-21-8-9-27-73(63)74)55-84(86)94-92(96)65-43-39-62(40-44-65)68-49-52-81-82(58-68)90(70-46-42-61-20-5-7-23-67(61)57-70)76-29-11-10-28-75(76)89(81)69-45-41-60-19-4-6-22-66(60)56-69/h1-3,5-6,8,10-12,16-17,20-22,24-26,29-30,35-36,39,41-43,45-48,50,58-59,61,67,69-70,72,75,77-79,81-83,85,87-90,92-94H,4,7,9,13-15,18-19,23,27-28,31-34,37-38,40,44,49,51-57H2. The van der Waals surface area contributed by atoms with Gasteiger partial charge in [-0.05, 0) is 318 Å². The number of nitrogens with one attached hydrogen (secondary N) is 2. The van der Waals surface area contributed by atoms with E-state index in [0.29, 0.717) is 95.3 Å².